The minimum atomic E-state index is 0.798. The molecule has 1 aromatic carbocycles. The molecule has 0 spiro atoms. The van der Waals surface area contributed by atoms with E-state index in [0.717, 1.165) is 16.8 Å². The fourth-order valence-corrected chi connectivity index (χ4v) is 2.42. The van der Waals surface area contributed by atoms with Crippen LogP contribution in [0.2, 0.25) is 0 Å². The number of hydrogen-bond donors (Lipinski definition) is 1. The van der Waals surface area contributed by atoms with Gasteiger partial charge in [-0.2, -0.15) is 0 Å². The Bertz CT molecular complexity index is 403. The Hall–Kier alpha value is -0.330. The zero-order valence-electron chi connectivity index (χ0n) is 6.51. The molecule has 2 aromatic rings. The van der Waals surface area contributed by atoms with Gasteiger partial charge in [0.1, 0.15) is 11.0 Å². The number of nitrogens with zero attached hydrogens (tertiary/aromatic N) is 2. The average molecular weight is 230 g/mol. The maximum Gasteiger partial charge on any atom is 0.135 e. The van der Waals surface area contributed by atoms with Gasteiger partial charge in [0.15, 0.2) is 0 Å². The highest BCUT2D eigenvalue weighted by Gasteiger charge is 2.00. The third-order valence-corrected chi connectivity index (χ3v) is 3.77. The SMILES string of the molecule is SSSCc1ccc2nonc2c1. The van der Waals surface area contributed by atoms with Gasteiger partial charge in [-0.1, -0.05) is 28.5 Å². The molecule has 13 heavy (non-hydrogen) atoms. The average Bonchev–Trinajstić information content (AvgIpc) is 2.61. The Morgan fingerprint density at radius 1 is 1.31 bits per heavy atom. The van der Waals surface area contributed by atoms with E-state index in [1.54, 1.807) is 10.8 Å². The van der Waals surface area contributed by atoms with E-state index in [-0.39, 0.29) is 0 Å². The van der Waals surface area contributed by atoms with Crippen LogP contribution in [0.1, 0.15) is 5.56 Å². The molecule has 68 valence electrons. The molecule has 3 nitrogen and oxygen atoms in total. The van der Waals surface area contributed by atoms with E-state index in [0.29, 0.717) is 0 Å². The van der Waals surface area contributed by atoms with Gasteiger partial charge in [0.25, 0.3) is 0 Å². The molecule has 0 amide bonds. The van der Waals surface area contributed by atoms with Crippen molar-refractivity contribution < 1.29 is 4.63 Å². The Morgan fingerprint density at radius 3 is 3.00 bits per heavy atom. The molecule has 1 heterocycles. The number of hydrogen-bond acceptors (Lipinski definition) is 6. The van der Waals surface area contributed by atoms with E-state index in [1.807, 2.05) is 18.2 Å². The van der Waals surface area contributed by atoms with Crippen LogP contribution in [0.4, 0.5) is 0 Å². The van der Waals surface area contributed by atoms with Crippen LogP contribution >= 0.6 is 32.3 Å². The Morgan fingerprint density at radius 2 is 2.15 bits per heavy atom. The highest BCUT2D eigenvalue weighted by molar-refractivity contribution is 9.05. The molecular formula is C7H6N2OS3. The molecule has 0 radical (unpaired) electrons. The quantitative estimate of drug-likeness (QED) is 0.648. The zero-order chi connectivity index (χ0) is 9.10. The molecule has 1 aromatic heterocycles. The maximum absolute atomic E-state index is 4.60. The summed E-state index contributed by atoms with van der Waals surface area (Å²) in [4.78, 5) is 0. The lowest BCUT2D eigenvalue weighted by atomic mass is 10.2. The van der Waals surface area contributed by atoms with Crippen LogP contribution in [0.3, 0.4) is 0 Å². The summed E-state index contributed by atoms with van der Waals surface area (Å²) in [6, 6.07) is 5.90. The Balaban J connectivity index is 2.26. The maximum atomic E-state index is 4.60. The van der Waals surface area contributed by atoms with Crippen molar-refractivity contribution in [3.63, 3.8) is 0 Å². The molecule has 0 saturated heterocycles. The second-order valence-corrected chi connectivity index (χ2v) is 5.59. The van der Waals surface area contributed by atoms with Gasteiger partial charge in [-0.25, -0.2) is 4.63 Å². The topological polar surface area (TPSA) is 38.9 Å². The van der Waals surface area contributed by atoms with Crippen molar-refractivity contribution in [3.05, 3.63) is 23.8 Å². The van der Waals surface area contributed by atoms with E-state index in [9.17, 15) is 0 Å². The van der Waals surface area contributed by atoms with Crippen molar-refractivity contribution in [1.82, 2.24) is 10.3 Å². The first kappa shape index (κ1) is 9.23. The van der Waals surface area contributed by atoms with E-state index >= 15 is 0 Å². The first-order chi connectivity index (χ1) is 6.40. The smallest absolute Gasteiger partial charge is 0.135 e. The van der Waals surface area contributed by atoms with Gasteiger partial charge in [-0.15, -0.1) is 0 Å². The Kier molecular flexibility index (Phi) is 3.02. The van der Waals surface area contributed by atoms with Gasteiger partial charge in [-0.3, -0.25) is 0 Å². The molecule has 0 aliphatic heterocycles. The van der Waals surface area contributed by atoms with Gasteiger partial charge in [0.05, 0.1) is 0 Å². The van der Waals surface area contributed by atoms with Crippen molar-refractivity contribution in [2.24, 2.45) is 0 Å². The Labute approximate surface area is 87.8 Å². The second-order valence-electron chi connectivity index (χ2n) is 2.42. The largest absolute Gasteiger partial charge is 0.243 e. The summed E-state index contributed by atoms with van der Waals surface area (Å²) in [5.74, 6) is 0.914. The predicted octanol–water partition coefficient (Wildman–Crippen LogP) is 2.95. The van der Waals surface area contributed by atoms with Crippen LogP contribution in [0, 0.1) is 0 Å². The summed E-state index contributed by atoms with van der Waals surface area (Å²) in [5.41, 5.74) is 2.81. The highest BCUT2D eigenvalue weighted by Crippen LogP contribution is 2.29. The predicted molar refractivity (Wildman–Crippen MR) is 59.7 cm³/mol. The van der Waals surface area contributed by atoms with Crippen molar-refractivity contribution >= 4 is 43.3 Å². The normalized spacial score (nSPS) is 10.8. The molecule has 0 fully saturated rings. The summed E-state index contributed by atoms with van der Waals surface area (Å²) in [7, 11) is 3.13. The molecule has 0 unspecified atom stereocenters. The van der Waals surface area contributed by atoms with Crippen LogP contribution in [-0.2, 0) is 5.75 Å². The third kappa shape index (κ3) is 2.12. The van der Waals surface area contributed by atoms with E-state index < -0.39 is 0 Å². The third-order valence-electron chi connectivity index (χ3n) is 1.60. The minimum Gasteiger partial charge on any atom is -0.243 e. The van der Waals surface area contributed by atoms with Crippen molar-refractivity contribution in [3.8, 4) is 0 Å². The monoisotopic (exact) mass is 230 g/mol. The van der Waals surface area contributed by atoms with Gasteiger partial charge in [-0.05, 0) is 37.8 Å². The van der Waals surface area contributed by atoms with Crippen molar-refractivity contribution in [1.29, 1.82) is 0 Å². The number of fused-ring (bicyclic) bond motifs is 1. The first-order valence-corrected chi connectivity index (χ1v) is 6.91. The summed E-state index contributed by atoms with van der Waals surface area (Å²) in [5, 5.41) is 7.49. The highest BCUT2D eigenvalue weighted by atomic mass is 33.5. The van der Waals surface area contributed by atoms with E-state index in [1.165, 1.54) is 15.4 Å². The van der Waals surface area contributed by atoms with Gasteiger partial charge in [0, 0.05) is 5.75 Å². The molecular weight excluding hydrogens is 224 g/mol. The lowest BCUT2D eigenvalue weighted by Crippen LogP contribution is -1.78. The fourth-order valence-electron chi connectivity index (χ4n) is 1.01. The molecule has 0 N–H and O–H groups in total. The summed E-state index contributed by atoms with van der Waals surface area (Å²) in [6.07, 6.45) is 0. The summed E-state index contributed by atoms with van der Waals surface area (Å²) in [6.45, 7) is 0. The zero-order valence-corrected chi connectivity index (χ0v) is 9.03. The van der Waals surface area contributed by atoms with Crippen LogP contribution in [0.15, 0.2) is 22.8 Å². The molecule has 0 aliphatic carbocycles. The van der Waals surface area contributed by atoms with Gasteiger partial charge >= 0.3 is 0 Å². The molecule has 0 bridgehead atoms. The molecule has 0 saturated carbocycles. The molecule has 0 aliphatic rings. The van der Waals surface area contributed by atoms with Crippen LogP contribution < -0.4 is 0 Å². The molecule has 6 heteroatoms. The second kappa shape index (κ2) is 4.26. The van der Waals surface area contributed by atoms with Crippen molar-refractivity contribution in [2.75, 3.05) is 0 Å². The lowest BCUT2D eigenvalue weighted by molar-refractivity contribution is 0.315. The number of aromatic nitrogens is 2. The van der Waals surface area contributed by atoms with Crippen molar-refractivity contribution in [2.45, 2.75) is 5.75 Å². The minimum absolute atomic E-state index is 0.798. The fraction of sp³-hybridized carbons (Fsp3) is 0.143. The number of benzene rings is 1. The van der Waals surface area contributed by atoms with E-state index in [4.69, 9.17) is 0 Å². The first-order valence-electron chi connectivity index (χ1n) is 3.54. The number of rotatable bonds is 3. The van der Waals surface area contributed by atoms with Crippen LogP contribution in [0.25, 0.3) is 11.0 Å². The summed E-state index contributed by atoms with van der Waals surface area (Å²) >= 11 is 4.05. The summed E-state index contributed by atoms with van der Waals surface area (Å²) < 4.78 is 4.60. The van der Waals surface area contributed by atoms with Gasteiger partial charge < -0.3 is 0 Å². The van der Waals surface area contributed by atoms with Gasteiger partial charge in [0.2, 0.25) is 0 Å². The molecule has 0 atom stereocenters. The van der Waals surface area contributed by atoms with Crippen LogP contribution in [-0.4, -0.2) is 10.3 Å². The standard InChI is InChI=1S/C7H6N2OS3/c11-13-12-4-5-1-2-6-7(3-5)9-10-8-6/h1-3,11H,4H2. The van der Waals surface area contributed by atoms with E-state index in [2.05, 4.69) is 26.6 Å². The lowest BCUT2D eigenvalue weighted by Gasteiger charge is -1.96. The van der Waals surface area contributed by atoms with Crippen LogP contribution in [0.5, 0.6) is 0 Å². The molecule has 2 rings (SSSR count). The number of thiol groups is 1.